The minimum absolute atomic E-state index is 0.00446. The summed E-state index contributed by atoms with van der Waals surface area (Å²) in [5, 5.41) is 13.6. The summed E-state index contributed by atoms with van der Waals surface area (Å²) in [6.07, 6.45) is 5.21. The van der Waals surface area contributed by atoms with Crippen LogP contribution in [0.2, 0.25) is 0 Å². The van der Waals surface area contributed by atoms with Crippen LogP contribution < -0.4 is 5.32 Å². The van der Waals surface area contributed by atoms with Gasteiger partial charge in [0.25, 0.3) is 0 Å². The van der Waals surface area contributed by atoms with Crippen LogP contribution >= 0.6 is 23.1 Å². The Morgan fingerprint density at radius 3 is 3.00 bits per heavy atom. The monoisotopic (exact) mass is 389 g/mol. The van der Waals surface area contributed by atoms with Gasteiger partial charge in [-0.15, -0.1) is 21.5 Å². The van der Waals surface area contributed by atoms with Gasteiger partial charge < -0.3 is 5.32 Å². The molecule has 3 aromatic heterocycles. The molecule has 8 heteroatoms. The standard InChI is InChI=1S/C18H23N5OS2/c1-10-5-6-11-12(7-10)26-16-14(11)15-21-22-17(23(15)9-19-16)25-8-13(24)20-18(2,3)4/h9-10H,5-8H2,1-4H3,(H,20,24)/t10-/m0/s1. The topological polar surface area (TPSA) is 72.2 Å². The summed E-state index contributed by atoms with van der Waals surface area (Å²) in [4.78, 5) is 19.2. The van der Waals surface area contributed by atoms with Gasteiger partial charge in [0.1, 0.15) is 11.2 Å². The second-order valence-electron chi connectivity index (χ2n) is 8.04. The van der Waals surface area contributed by atoms with Crippen molar-refractivity contribution in [3.63, 3.8) is 0 Å². The number of nitrogens with zero attached hydrogens (tertiary/aromatic N) is 4. The molecule has 3 aromatic rings. The van der Waals surface area contributed by atoms with Crippen LogP contribution in [-0.4, -0.2) is 36.8 Å². The third kappa shape index (κ3) is 3.32. The molecule has 0 fully saturated rings. The van der Waals surface area contributed by atoms with Gasteiger partial charge in [-0.3, -0.25) is 9.20 Å². The van der Waals surface area contributed by atoms with Crippen molar-refractivity contribution in [2.24, 2.45) is 5.92 Å². The maximum Gasteiger partial charge on any atom is 0.230 e. The molecule has 0 aliphatic heterocycles. The van der Waals surface area contributed by atoms with Gasteiger partial charge in [0.15, 0.2) is 10.8 Å². The number of nitrogens with one attached hydrogen (secondary N) is 1. The van der Waals surface area contributed by atoms with Crippen LogP contribution in [0.15, 0.2) is 11.5 Å². The average Bonchev–Trinajstić information content (AvgIpc) is 3.10. The van der Waals surface area contributed by atoms with E-state index < -0.39 is 0 Å². The average molecular weight is 390 g/mol. The zero-order valence-electron chi connectivity index (χ0n) is 15.5. The molecule has 138 valence electrons. The Kier molecular flexibility index (Phi) is 4.43. The predicted octanol–water partition coefficient (Wildman–Crippen LogP) is 3.47. The molecule has 0 saturated heterocycles. The largest absolute Gasteiger partial charge is 0.351 e. The highest BCUT2D eigenvalue weighted by atomic mass is 32.2. The molecule has 0 radical (unpaired) electrons. The second-order valence-corrected chi connectivity index (χ2v) is 10.1. The summed E-state index contributed by atoms with van der Waals surface area (Å²) in [5.74, 6) is 1.04. The van der Waals surface area contributed by atoms with E-state index in [-0.39, 0.29) is 11.4 Å². The van der Waals surface area contributed by atoms with Crippen molar-refractivity contribution >= 4 is 44.9 Å². The highest BCUT2D eigenvalue weighted by Gasteiger charge is 2.24. The van der Waals surface area contributed by atoms with Gasteiger partial charge in [-0.05, 0) is 51.5 Å². The van der Waals surface area contributed by atoms with E-state index in [4.69, 9.17) is 0 Å². The summed E-state index contributed by atoms with van der Waals surface area (Å²) < 4.78 is 1.92. The number of aryl methyl sites for hydroxylation is 1. The Morgan fingerprint density at radius 2 is 2.23 bits per heavy atom. The summed E-state index contributed by atoms with van der Waals surface area (Å²) >= 11 is 3.18. The number of hydrogen-bond donors (Lipinski definition) is 1. The molecule has 26 heavy (non-hydrogen) atoms. The molecule has 6 nitrogen and oxygen atoms in total. The number of amides is 1. The number of thiophene rings is 1. The summed E-state index contributed by atoms with van der Waals surface area (Å²) in [7, 11) is 0. The van der Waals surface area contributed by atoms with Crippen LogP contribution in [-0.2, 0) is 17.6 Å². The van der Waals surface area contributed by atoms with Gasteiger partial charge in [-0.1, -0.05) is 18.7 Å². The SMILES string of the molecule is C[C@H]1CCc2c(sc3ncn4c(SCC(=O)NC(C)(C)C)nnc4c23)C1. The lowest BCUT2D eigenvalue weighted by atomic mass is 9.89. The van der Waals surface area contributed by atoms with E-state index in [1.165, 1.54) is 28.6 Å². The maximum atomic E-state index is 12.1. The summed E-state index contributed by atoms with van der Waals surface area (Å²) in [6, 6.07) is 0. The number of carbonyl (C=O) groups excluding carboxylic acids is 1. The fourth-order valence-electron chi connectivity index (χ4n) is 3.40. The molecule has 0 saturated carbocycles. The zero-order chi connectivity index (χ0) is 18.5. The van der Waals surface area contributed by atoms with Crippen molar-refractivity contribution in [1.29, 1.82) is 0 Å². The molecule has 0 spiro atoms. The van der Waals surface area contributed by atoms with Gasteiger partial charge in [0, 0.05) is 10.4 Å². The van der Waals surface area contributed by atoms with Crippen molar-refractivity contribution in [3.05, 3.63) is 16.8 Å². The van der Waals surface area contributed by atoms with Crippen LogP contribution in [0.5, 0.6) is 0 Å². The number of aromatic nitrogens is 4. The number of rotatable bonds is 3. The molecule has 1 amide bonds. The summed E-state index contributed by atoms with van der Waals surface area (Å²) in [6.45, 7) is 8.24. The van der Waals surface area contributed by atoms with Crippen LogP contribution in [0.25, 0.3) is 15.9 Å². The molecule has 1 atom stereocenters. The highest BCUT2D eigenvalue weighted by Crippen LogP contribution is 2.39. The first-order chi connectivity index (χ1) is 12.3. The molecular weight excluding hydrogens is 366 g/mol. The van der Waals surface area contributed by atoms with Gasteiger partial charge >= 0.3 is 0 Å². The van der Waals surface area contributed by atoms with E-state index in [0.29, 0.717) is 10.9 Å². The predicted molar refractivity (Wildman–Crippen MR) is 106 cm³/mol. The second kappa shape index (κ2) is 6.49. The van der Waals surface area contributed by atoms with Crippen molar-refractivity contribution in [3.8, 4) is 0 Å². The molecular formula is C18H23N5OS2. The molecule has 1 N–H and O–H groups in total. The Morgan fingerprint density at radius 1 is 1.42 bits per heavy atom. The molecule has 1 aliphatic carbocycles. The maximum absolute atomic E-state index is 12.1. The lowest BCUT2D eigenvalue weighted by Crippen LogP contribution is -2.41. The lowest BCUT2D eigenvalue weighted by molar-refractivity contribution is -0.119. The van der Waals surface area contributed by atoms with Crippen molar-refractivity contribution in [1.82, 2.24) is 24.9 Å². The smallest absolute Gasteiger partial charge is 0.230 e. The van der Waals surface area contributed by atoms with Crippen molar-refractivity contribution in [2.45, 2.75) is 57.7 Å². The molecule has 0 aromatic carbocycles. The first-order valence-corrected chi connectivity index (χ1v) is 10.7. The summed E-state index contributed by atoms with van der Waals surface area (Å²) in [5.41, 5.74) is 2.03. The van der Waals surface area contributed by atoms with Gasteiger partial charge in [-0.2, -0.15) is 0 Å². The third-order valence-corrected chi connectivity index (χ3v) is 6.62. The fourth-order valence-corrected chi connectivity index (χ4v) is 5.45. The highest BCUT2D eigenvalue weighted by molar-refractivity contribution is 7.99. The van der Waals surface area contributed by atoms with Crippen LogP contribution in [0.1, 0.15) is 44.6 Å². The quantitative estimate of drug-likeness (QED) is 0.695. The fraction of sp³-hybridized carbons (Fsp3) is 0.556. The van der Waals surface area contributed by atoms with Gasteiger partial charge in [-0.25, -0.2) is 4.98 Å². The molecule has 4 rings (SSSR count). The number of thioether (sulfide) groups is 1. The molecule has 1 aliphatic rings. The normalized spacial score (nSPS) is 17.6. The first kappa shape index (κ1) is 17.7. The molecule has 0 bridgehead atoms. The van der Waals surface area contributed by atoms with Crippen LogP contribution in [0.4, 0.5) is 0 Å². The van der Waals surface area contributed by atoms with Crippen molar-refractivity contribution in [2.75, 3.05) is 5.75 Å². The Balaban J connectivity index is 1.64. The van der Waals surface area contributed by atoms with E-state index in [1.54, 1.807) is 17.7 Å². The van der Waals surface area contributed by atoms with E-state index >= 15 is 0 Å². The minimum Gasteiger partial charge on any atom is -0.351 e. The number of fused-ring (bicyclic) bond motifs is 5. The molecule has 3 heterocycles. The minimum atomic E-state index is -0.231. The lowest BCUT2D eigenvalue weighted by Gasteiger charge is -2.20. The van der Waals surface area contributed by atoms with E-state index in [9.17, 15) is 4.79 Å². The number of carbonyl (C=O) groups is 1. The number of hydrogen-bond acceptors (Lipinski definition) is 6. The third-order valence-electron chi connectivity index (χ3n) is 4.52. The molecule has 0 unspecified atom stereocenters. The zero-order valence-corrected chi connectivity index (χ0v) is 17.1. The van der Waals surface area contributed by atoms with Crippen LogP contribution in [0.3, 0.4) is 0 Å². The van der Waals surface area contributed by atoms with E-state index in [1.807, 2.05) is 25.2 Å². The first-order valence-electron chi connectivity index (χ1n) is 8.89. The Bertz CT molecular complexity index is 985. The van der Waals surface area contributed by atoms with E-state index in [0.717, 1.165) is 34.6 Å². The van der Waals surface area contributed by atoms with Crippen molar-refractivity contribution < 1.29 is 4.79 Å². The Labute approximate surface area is 160 Å². The van der Waals surface area contributed by atoms with Gasteiger partial charge in [0.05, 0.1) is 11.1 Å². The van der Waals surface area contributed by atoms with Gasteiger partial charge in [0.2, 0.25) is 5.91 Å². The van der Waals surface area contributed by atoms with E-state index in [2.05, 4.69) is 27.4 Å². The Hall–Kier alpha value is -1.67. The van der Waals surface area contributed by atoms with Crippen LogP contribution in [0, 0.1) is 5.92 Å².